The molecule has 0 bridgehead atoms. The number of ether oxygens (including phenoxy) is 1. The van der Waals surface area contributed by atoms with E-state index in [4.69, 9.17) is 4.74 Å². The zero-order valence-electron chi connectivity index (χ0n) is 10.3. The number of fused-ring (bicyclic) bond motifs is 1. The molecule has 16 heavy (non-hydrogen) atoms. The second-order valence-electron chi connectivity index (χ2n) is 4.27. The van der Waals surface area contributed by atoms with Gasteiger partial charge in [0.1, 0.15) is 11.4 Å². The van der Waals surface area contributed by atoms with Crippen LogP contribution in [0.4, 0.5) is 0 Å². The molecule has 0 N–H and O–H groups in total. The first-order chi connectivity index (χ1) is 7.67. The van der Waals surface area contributed by atoms with Gasteiger partial charge in [0.25, 0.3) is 0 Å². The summed E-state index contributed by atoms with van der Waals surface area (Å²) in [5.41, 5.74) is 2.38. The van der Waals surface area contributed by atoms with Gasteiger partial charge in [-0.25, -0.2) is 4.98 Å². The molecule has 3 heteroatoms. The smallest absolute Gasteiger partial charge is 0.140 e. The van der Waals surface area contributed by atoms with Crippen LogP contribution in [-0.2, 0) is 6.54 Å². The van der Waals surface area contributed by atoms with Crippen LogP contribution in [0.5, 0.6) is 5.75 Å². The first-order valence-electron chi connectivity index (χ1n) is 5.70. The van der Waals surface area contributed by atoms with Gasteiger partial charge in [-0.05, 0) is 24.5 Å². The zero-order chi connectivity index (χ0) is 11.7. The van der Waals surface area contributed by atoms with Gasteiger partial charge in [0.05, 0.1) is 13.3 Å². The van der Waals surface area contributed by atoms with Crippen LogP contribution < -0.4 is 4.74 Å². The average molecular weight is 218 g/mol. The molecule has 2 rings (SSSR count). The quantitative estimate of drug-likeness (QED) is 0.791. The van der Waals surface area contributed by atoms with Crippen LogP contribution in [0.3, 0.4) is 0 Å². The molecule has 0 unspecified atom stereocenters. The summed E-state index contributed by atoms with van der Waals surface area (Å²) in [6.45, 7) is 7.49. The maximum absolute atomic E-state index is 5.23. The Morgan fingerprint density at radius 3 is 2.75 bits per heavy atom. The van der Waals surface area contributed by atoms with Gasteiger partial charge in [0.15, 0.2) is 0 Å². The number of hydrogen-bond donors (Lipinski definition) is 0. The summed E-state index contributed by atoms with van der Waals surface area (Å²) in [5, 5.41) is 1.20. The van der Waals surface area contributed by atoms with E-state index < -0.39 is 0 Å². The number of pyridine rings is 1. The number of aryl methyl sites for hydroxylation is 1. The fourth-order valence-electron chi connectivity index (χ4n) is 1.99. The molecular weight excluding hydrogens is 200 g/mol. The molecule has 2 aromatic heterocycles. The highest BCUT2D eigenvalue weighted by atomic mass is 16.5. The van der Waals surface area contributed by atoms with Gasteiger partial charge in [0, 0.05) is 18.1 Å². The van der Waals surface area contributed by atoms with Crippen molar-refractivity contribution in [3.05, 3.63) is 24.0 Å². The highest BCUT2D eigenvalue weighted by Crippen LogP contribution is 2.28. The molecule has 0 saturated carbocycles. The third-order valence-corrected chi connectivity index (χ3v) is 2.92. The van der Waals surface area contributed by atoms with Crippen LogP contribution in [-0.4, -0.2) is 16.7 Å². The molecule has 0 aromatic carbocycles. The predicted molar refractivity (Wildman–Crippen MR) is 66.0 cm³/mol. The van der Waals surface area contributed by atoms with Gasteiger partial charge in [-0.15, -0.1) is 0 Å². The number of hydrogen-bond acceptors (Lipinski definition) is 2. The van der Waals surface area contributed by atoms with Gasteiger partial charge in [-0.2, -0.15) is 0 Å². The summed E-state index contributed by atoms with van der Waals surface area (Å²) in [6.07, 6.45) is 3.97. The topological polar surface area (TPSA) is 27.1 Å². The second-order valence-corrected chi connectivity index (χ2v) is 4.27. The van der Waals surface area contributed by atoms with Crippen LogP contribution >= 0.6 is 0 Å². The van der Waals surface area contributed by atoms with E-state index in [1.54, 1.807) is 13.3 Å². The molecule has 0 aliphatic rings. The zero-order valence-corrected chi connectivity index (χ0v) is 10.3. The fraction of sp³-hybridized carbons (Fsp3) is 0.462. The van der Waals surface area contributed by atoms with E-state index in [1.165, 1.54) is 10.9 Å². The molecule has 86 valence electrons. The van der Waals surface area contributed by atoms with Gasteiger partial charge < -0.3 is 9.30 Å². The normalized spacial score (nSPS) is 11.3. The Balaban J connectivity index is 2.70. The number of nitrogens with zero attached hydrogens (tertiary/aromatic N) is 2. The highest BCUT2D eigenvalue weighted by molar-refractivity contribution is 5.82. The highest BCUT2D eigenvalue weighted by Gasteiger charge is 2.12. The lowest BCUT2D eigenvalue weighted by molar-refractivity contribution is 0.413. The van der Waals surface area contributed by atoms with Crippen molar-refractivity contribution in [2.24, 2.45) is 0 Å². The Bertz CT molecular complexity index is 500. The number of rotatable bonds is 3. The van der Waals surface area contributed by atoms with Crippen molar-refractivity contribution >= 4 is 11.0 Å². The Morgan fingerprint density at radius 1 is 1.44 bits per heavy atom. The fourth-order valence-corrected chi connectivity index (χ4v) is 1.99. The van der Waals surface area contributed by atoms with Crippen molar-refractivity contribution < 1.29 is 4.74 Å². The van der Waals surface area contributed by atoms with E-state index in [0.29, 0.717) is 5.92 Å². The van der Waals surface area contributed by atoms with Crippen LogP contribution in [0, 0.1) is 0 Å². The SMILES string of the molecule is CCn1cc(C(C)C)c2cc(OC)cnc21. The lowest BCUT2D eigenvalue weighted by Gasteiger charge is -2.03. The van der Waals surface area contributed by atoms with E-state index in [9.17, 15) is 0 Å². The van der Waals surface area contributed by atoms with Crippen LogP contribution in [0.15, 0.2) is 18.5 Å². The minimum Gasteiger partial charge on any atom is -0.495 e. The number of aromatic nitrogens is 2. The molecule has 0 saturated heterocycles. The summed E-state index contributed by atoms with van der Waals surface area (Å²) in [4.78, 5) is 4.46. The second kappa shape index (κ2) is 4.16. The maximum atomic E-state index is 5.23. The summed E-state index contributed by atoms with van der Waals surface area (Å²) < 4.78 is 7.41. The van der Waals surface area contributed by atoms with Crippen molar-refractivity contribution in [2.75, 3.05) is 7.11 Å². The van der Waals surface area contributed by atoms with E-state index in [2.05, 4.69) is 42.6 Å². The van der Waals surface area contributed by atoms with Crippen molar-refractivity contribution in [3.8, 4) is 5.75 Å². The third-order valence-electron chi connectivity index (χ3n) is 2.92. The van der Waals surface area contributed by atoms with Crippen molar-refractivity contribution in [3.63, 3.8) is 0 Å². The Labute approximate surface area is 96.1 Å². The molecule has 2 heterocycles. The van der Waals surface area contributed by atoms with Crippen LogP contribution in [0.25, 0.3) is 11.0 Å². The van der Waals surface area contributed by atoms with Crippen molar-refractivity contribution in [2.45, 2.75) is 33.2 Å². The summed E-state index contributed by atoms with van der Waals surface area (Å²) in [5.74, 6) is 1.33. The van der Waals surface area contributed by atoms with Gasteiger partial charge >= 0.3 is 0 Å². The van der Waals surface area contributed by atoms with Gasteiger partial charge in [0.2, 0.25) is 0 Å². The lowest BCUT2D eigenvalue weighted by Crippen LogP contribution is -1.93. The predicted octanol–water partition coefficient (Wildman–Crippen LogP) is 3.19. The molecule has 0 spiro atoms. The van der Waals surface area contributed by atoms with E-state index in [-0.39, 0.29) is 0 Å². The molecule has 0 radical (unpaired) electrons. The summed E-state index contributed by atoms with van der Waals surface area (Å²) >= 11 is 0. The van der Waals surface area contributed by atoms with Crippen LogP contribution in [0.2, 0.25) is 0 Å². The Hall–Kier alpha value is -1.51. The Kier molecular flexibility index (Phi) is 2.86. The molecule has 0 aliphatic heterocycles. The van der Waals surface area contributed by atoms with Crippen molar-refractivity contribution in [1.82, 2.24) is 9.55 Å². The molecule has 0 amide bonds. The average Bonchev–Trinajstić information content (AvgIpc) is 2.66. The van der Waals surface area contributed by atoms with Gasteiger partial charge in [-0.3, -0.25) is 0 Å². The number of methoxy groups -OCH3 is 1. The maximum Gasteiger partial charge on any atom is 0.140 e. The summed E-state index contributed by atoms with van der Waals surface area (Å²) in [7, 11) is 1.68. The van der Waals surface area contributed by atoms with Crippen LogP contribution in [0.1, 0.15) is 32.3 Å². The molecule has 2 aromatic rings. The minimum absolute atomic E-state index is 0.504. The molecule has 0 fully saturated rings. The minimum atomic E-state index is 0.504. The molecular formula is C13H18N2O. The van der Waals surface area contributed by atoms with Crippen molar-refractivity contribution in [1.29, 1.82) is 0 Å². The molecule has 0 atom stereocenters. The molecule has 0 aliphatic carbocycles. The standard InChI is InChI=1S/C13H18N2O/c1-5-15-8-12(9(2)3)11-6-10(16-4)7-14-13(11)15/h6-9H,5H2,1-4H3. The van der Waals surface area contributed by atoms with Gasteiger partial charge in [-0.1, -0.05) is 13.8 Å². The first-order valence-corrected chi connectivity index (χ1v) is 5.70. The Morgan fingerprint density at radius 2 is 2.19 bits per heavy atom. The largest absolute Gasteiger partial charge is 0.495 e. The lowest BCUT2D eigenvalue weighted by atomic mass is 10.0. The van der Waals surface area contributed by atoms with E-state index in [0.717, 1.165) is 17.9 Å². The van der Waals surface area contributed by atoms with E-state index in [1.807, 2.05) is 0 Å². The van der Waals surface area contributed by atoms with E-state index >= 15 is 0 Å². The first kappa shape index (κ1) is 11.0. The summed E-state index contributed by atoms with van der Waals surface area (Å²) in [6, 6.07) is 2.07. The molecule has 3 nitrogen and oxygen atoms in total. The monoisotopic (exact) mass is 218 g/mol. The third kappa shape index (κ3) is 1.66.